The SMILES string of the molecule is CCCCc1ccc2nc(CCCC)n(Cc3ccc(-c4ccccc4C(=O)O)cc3)c2c1. The van der Waals surface area contributed by atoms with Gasteiger partial charge in [-0.3, -0.25) is 0 Å². The molecule has 4 aromatic rings. The van der Waals surface area contributed by atoms with E-state index < -0.39 is 5.97 Å². The smallest absolute Gasteiger partial charge is 0.336 e. The van der Waals surface area contributed by atoms with Gasteiger partial charge in [-0.2, -0.15) is 0 Å². The van der Waals surface area contributed by atoms with Crippen LogP contribution in [0.5, 0.6) is 0 Å². The zero-order valence-corrected chi connectivity index (χ0v) is 19.6. The van der Waals surface area contributed by atoms with Crippen molar-refractivity contribution in [1.82, 2.24) is 9.55 Å². The number of fused-ring (bicyclic) bond motifs is 1. The Morgan fingerprint density at radius 1 is 0.879 bits per heavy atom. The Morgan fingerprint density at radius 3 is 2.30 bits per heavy atom. The molecule has 33 heavy (non-hydrogen) atoms. The average Bonchev–Trinajstić information content (AvgIpc) is 3.18. The lowest BCUT2D eigenvalue weighted by atomic mass is 9.98. The predicted octanol–water partition coefficient (Wildman–Crippen LogP) is 7.14. The summed E-state index contributed by atoms with van der Waals surface area (Å²) in [7, 11) is 0. The topological polar surface area (TPSA) is 55.1 Å². The summed E-state index contributed by atoms with van der Waals surface area (Å²) in [6.45, 7) is 5.20. The minimum Gasteiger partial charge on any atom is -0.478 e. The number of aromatic carboxylic acids is 1. The van der Waals surface area contributed by atoms with E-state index >= 15 is 0 Å². The summed E-state index contributed by atoms with van der Waals surface area (Å²) < 4.78 is 2.36. The molecular weight excluding hydrogens is 408 g/mol. The largest absolute Gasteiger partial charge is 0.478 e. The van der Waals surface area contributed by atoms with Crippen molar-refractivity contribution in [3.63, 3.8) is 0 Å². The molecule has 0 amide bonds. The normalized spacial score (nSPS) is 11.2. The molecule has 3 aromatic carbocycles. The first-order valence-corrected chi connectivity index (χ1v) is 12.0. The zero-order valence-electron chi connectivity index (χ0n) is 19.6. The highest BCUT2D eigenvalue weighted by molar-refractivity contribution is 5.96. The van der Waals surface area contributed by atoms with E-state index in [0.717, 1.165) is 54.7 Å². The van der Waals surface area contributed by atoms with Crippen molar-refractivity contribution in [1.29, 1.82) is 0 Å². The van der Waals surface area contributed by atoms with Gasteiger partial charge >= 0.3 is 5.97 Å². The van der Waals surface area contributed by atoms with Gasteiger partial charge in [-0.15, -0.1) is 0 Å². The van der Waals surface area contributed by atoms with Gasteiger partial charge in [-0.1, -0.05) is 75.2 Å². The number of nitrogens with zero attached hydrogens (tertiary/aromatic N) is 2. The number of rotatable bonds is 10. The monoisotopic (exact) mass is 440 g/mol. The highest BCUT2D eigenvalue weighted by Crippen LogP contribution is 2.26. The molecule has 0 fully saturated rings. The van der Waals surface area contributed by atoms with Gasteiger partial charge in [-0.05, 0) is 59.7 Å². The number of hydrogen-bond acceptors (Lipinski definition) is 2. The Balaban J connectivity index is 1.66. The van der Waals surface area contributed by atoms with Crippen LogP contribution < -0.4 is 0 Å². The molecule has 0 radical (unpaired) electrons. The van der Waals surface area contributed by atoms with E-state index in [0.29, 0.717) is 5.56 Å². The van der Waals surface area contributed by atoms with Crippen molar-refractivity contribution in [3.8, 4) is 11.1 Å². The second-order valence-electron chi connectivity index (χ2n) is 8.69. The molecule has 0 atom stereocenters. The van der Waals surface area contributed by atoms with Gasteiger partial charge in [0.2, 0.25) is 0 Å². The molecule has 4 nitrogen and oxygen atoms in total. The van der Waals surface area contributed by atoms with Crippen molar-refractivity contribution < 1.29 is 9.90 Å². The maximum absolute atomic E-state index is 11.6. The first-order valence-electron chi connectivity index (χ1n) is 12.0. The number of aromatic nitrogens is 2. The number of imidazole rings is 1. The lowest BCUT2D eigenvalue weighted by Crippen LogP contribution is -2.06. The molecule has 0 saturated carbocycles. The van der Waals surface area contributed by atoms with Gasteiger partial charge in [0, 0.05) is 13.0 Å². The van der Waals surface area contributed by atoms with E-state index in [4.69, 9.17) is 4.98 Å². The Kier molecular flexibility index (Phi) is 7.23. The van der Waals surface area contributed by atoms with Crippen molar-refractivity contribution in [2.45, 2.75) is 58.9 Å². The van der Waals surface area contributed by atoms with Crippen LogP contribution in [0.2, 0.25) is 0 Å². The summed E-state index contributed by atoms with van der Waals surface area (Å²) in [5.41, 5.74) is 6.81. The Labute approximate surface area is 195 Å². The number of unbranched alkanes of at least 4 members (excludes halogenated alkanes) is 2. The van der Waals surface area contributed by atoms with E-state index in [1.807, 2.05) is 24.3 Å². The van der Waals surface area contributed by atoms with Crippen molar-refractivity contribution >= 4 is 17.0 Å². The van der Waals surface area contributed by atoms with E-state index in [2.05, 4.69) is 48.7 Å². The average molecular weight is 441 g/mol. The highest BCUT2D eigenvalue weighted by Gasteiger charge is 2.13. The summed E-state index contributed by atoms with van der Waals surface area (Å²) in [6, 6.07) is 22.1. The molecule has 0 bridgehead atoms. The van der Waals surface area contributed by atoms with Crippen LogP contribution in [-0.4, -0.2) is 20.6 Å². The Morgan fingerprint density at radius 2 is 1.58 bits per heavy atom. The van der Waals surface area contributed by atoms with E-state index in [1.165, 1.54) is 29.5 Å². The van der Waals surface area contributed by atoms with Crippen LogP contribution in [0.3, 0.4) is 0 Å². The molecule has 170 valence electrons. The third-order valence-corrected chi connectivity index (χ3v) is 6.23. The maximum atomic E-state index is 11.6. The minimum atomic E-state index is -0.904. The van der Waals surface area contributed by atoms with Gasteiger partial charge in [0.1, 0.15) is 5.82 Å². The molecule has 1 aromatic heterocycles. The molecule has 4 heteroatoms. The predicted molar refractivity (Wildman–Crippen MR) is 135 cm³/mol. The van der Waals surface area contributed by atoms with Crippen molar-refractivity contribution in [2.75, 3.05) is 0 Å². The van der Waals surface area contributed by atoms with Crippen LogP contribution >= 0.6 is 0 Å². The van der Waals surface area contributed by atoms with Crippen molar-refractivity contribution in [3.05, 3.63) is 89.2 Å². The Bertz CT molecular complexity index is 1240. The fourth-order valence-electron chi connectivity index (χ4n) is 4.35. The first-order chi connectivity index (χ1) is 16.1. The second kappa shape index (κ2) is 10.5. The van der Waals surface area contributed by atoms with Crippen LogP contribution in [-0.2, 0) is 19.4 Å². The second-order valence-corrected chi connectivity index (χ2v) is 8.69. The van der Waals surface area contributed by atoms with Gasteiger partial charge < -0.3 is 9.67 Å². The van der Waals surface area contributed by atoms with Gasteiger partial charge in [-0.25, -0.2) is 9.78 Å². The lowest BCUT2D eigenvalue weighted by Gasteiger charge is -2.12. The van der Waals surface area contributed by atoms with Crippen LogP contribution in [0.25, 0.3) is 22.2 Å². The van der Waals surface area contributed by atoms with Crippen molar-refractivity contribution in [2.24, 2.45) is 0 Å². The van der Waals surface area contributed by atoms with Crippen LogP contribution in [0, 0.1) is 0 Å². The minimum absolute atomic E-state index is 0.326. The van der Waals surface area contributed by atoms with Gasteiger partial charge in [0.15, 0.2) is 0 Å². The highest BCUT2D eigenvalue weighted by atomic mass is 16.4. The molecule has 0 unspecified atom stereocenters. The maximum Gasteiger partial charge on any atom is 0.336 e. The van der Waals surface area contributed by atoms with Crippen LogP contribution in [0.1, 0.15) is 66.8 Å². The summed E-state index contributed by atoms with van der Waals surface area (Å²) in [5, 5.41) is 9.52. The van der Waals surface area contributed by atoms with Crippen LogP contribution in [0.4, 0.5) is 0 Å². The Hall–Kier alpha value is -3.40. The molecule has 1 heterocycles. The molecule has 0 aliphatic rings. The molecule has 1 N–H and O–H groups in total. The number of carboxylic acids is 1. The summed E-state index contributed by atoms with van der Waals surface area (Å²) in [5.74, 6) is 0.235. The molecule has 0 aliphatic carbocycles. The van der Waals surface area contributed by atoms with Gasteiger partial charge in [0.25, 0.3) is 0 Å². The molecule has 4 rings (SSSR count). The first kappa shape index (κ1) is 22.8. The van der Waals surface area contributed by atoms with E-state index in [9.17, 15) is 9.90 Å². The number of carboxylic acid groups (broad SMARTS) is 1. The number of carbonyl (C=O) groups is 1. The molecule has 0 spiro atoms. The van der Waals surface area contributed by atoms with Crippen LogP contribution in [0.15, 0.2) is 66.7 Å². The fraction of sp³-hybridized carbons (Fsp3) is 0.310. The summed E-state index contributed by atoms with van der Waals surface area (Å²) in [4.78, 5) is 16.6. The zero-order chi connectivity index (χ0) is 23.2. The summed E-state index contributed by atoms with van der Waals surface area (Å²) >= 11 is 0. The third-order valence-electron chi connectivity index (χ3n) is 6.23. The molecule has 0 saturated heterocycles. The number of hydrogen-bond donors (Lipinski definition) is 1. The standard InChI is InChI=1S/C29H32N2O2/c1-3-5-9-21-15-18-26-27(19-21)31(28(30-26)12-6-4-2)20-22-13-16-23(17-14-22)24-10-7-8-11-25(24)29(32)33/h7-8,10-11,13-19H,3-6,9,12,20H2,1-2H3,(H,32,33). The summed E-state index contributed by atoms with van der Waals surface area (Å²) in [6.07, 6.45) is 6.72. The third kappa shape index (κ3) is 5.16. The fourth-order valence-corrected chi connectivity index (χ4v) is 4.35. The molecular formula is C29H32N2O2. The quantitative estimate of drug-likeness (QED) is 0.285. The van der Waals surface area contributed by atoms with E-state index in [1.54, 1.807) is 12.1 Å². The van der Waals surface area contributed by atoms with E-state index in [-0.39, 0.29) is 0 Å². The lowest BCUT2D eigenvalue weighted by molar-refractivity contribution is 0.0697. The number of benzene rings is 3. The molecule has 0 aliphatic heterocycles. The number of aryl methyl sites for hydroxylation is 2. The van der Waals surface area contributed by atoms with Gasteiger partial charge in [0.05, 0.1) is 16.6 Å².